The number of amides is 1. The van der Waals surface area contributed by atoms with E-state index in [1.807, 2.05) is 0 Å². The number of likely N-dealkylation sites (tertiary alicyclic amines) is 1. The first kappa shape index (κ1) is 20.8. The number of hydrogen-bond donors (Lipinski definition) is 2. The van der Waals surface area contributed by atoms with Crippen molar-refractivity contribution in [3.63, 3.8) is 0 Å². The van der Waals surface area contributed by atoms with Crippen molar-refractivity contribution in [2.75, 3.05) is 40.4 Å². The third-order valence-corrected chi connectivity index (χ3v) is 6.10. The van der Waals surface area contributed by atoms with Crippen molar-refractivity contribution in [3.8, 4) is 0 Å². The van der Waals surface area contributed by atoms with E-state index in [0.29, 0.717) is 37.7 Å². The van der Waals surface area contributed by atoms with Gasteiger partial charge in [-0.1, -0.05) is 12.5 Å². The summed E-state index contributed by atoms with van der Waals surface area (Å²) in [4.78, 5) is 14.8. The minimum Gasteiger partial charge on any atom is -0.385 e. The summed E-state index contributed by atoms with van der Waals surface area (Å²) in [6, 6.07) is 6.46. The van der Waals surface area contributed by atoms with E-state index in [2.05, 4.69) is 22.0 Å². The van der Waals surface area contributed by atoms with Gasteiger partial charge in [0, 0.05) is 38.4 Å². The van der Waals surface area contributed by atoms with Crippen molar-refractivity contribution in [1.82, 2.24) is 14.9 Å². The van der Waals surface area contributed by atoms with E-state index in [1.165, 1.54) is 25.0 Å². The fraction of sp³-hybridized carbons (Fsp3) is 0.611. The van der Waals surface area contributed by atoms with Gasteiger partial charge in [-0.15, -0.1) is 0 Å². The van der Waals surface area contributed by atoms with Crippen molar-refractivity contribution in [2.45, 2.75) is 36.6 Å². The number of nitrogens with one attached hydrogen (secondary N) is 2. The maximum absolute atomic E-state index is 12.4. The number of sulfonamides is 1. The molecule has 1 amide bonds. The SMILES string of the molecule is COCCCNS(=O)(=O)c1cccc(C(=O)NC[C@H]2CCCCN2C)c1. The number of piperidine rings is 1. The Morgan fingerprint density at radius 3 is 2.88 bits per heavy atom. The Morgan fingerprint density at radius 2 is 2.15 bits per heavy atom. The smallest absolute Gasteiger partial charge is 0.251 e. The topological polar surface area (TPSA) is 87.7 Å². The Bertz CT molecular complexity index is 693. The second kappa shape index (κ2) is 10.0. The lowest BCUT2D eigenvalue weighted by Gasteiger charge is -2.32. The molecule has 26 heavy (non-hydrogen) atoms. The molecule has 1 heterocycles. The van der Waals surface area contributed by atoms with Gasteiger partial charge in [0.1, 0.15) is 0 Å². The highest BCUT2D eigenvalue weighted by Crippen LogP contribution is 2.15. The number of carbonyl (C=O) groups excluding carboxylic acids is 1. The molecule has 1 aliphatic rings. The van der Waals surface area contributed by atoms with Gasteiger partial charge in [0.25, 0.3) is 5.91 Å². The van der Waals surface area contributed by atoms with E-state index >= 15 is 0 Å². The van der Waals surface area contributed by atoms with Gasteiger partial charge in [0.05, 0.1) is 4.90 Å². The van der Waals surface area contributed by atoms with Crippen LogP contribution < -0.4 is 10.0 Å². The number of likely N-dealkylation sites (N-methyl/N-ethyl adjacent to an activating group) is 1. The zero-order valence-electron chi connectivity index (χ0n) is 15.5. The van der Waals surface area contributed by atoms with Crippen LogP contribution in [0.2, 0.25) is 0 Å². The molecule has 1 fully saturated rings. The lowest BCUT2D eigenvalue weighted by atomic mass is 10.0. The number of methoxy groups -OCH3 is 1. The first-order valence-corrected chi connectivity index (χ1v) is 10.5. The first-order valence-electron chi connectivity index (χ1n) is 9.01. The van der Waals surface area contributed by atoms with Crippen LogP contribution in [0.25, 0.3) is 0 Å². The summed E-state index contributed by atoms with van der Waals surface area (Å²) in [7, 11) is 0.00424. The molecule has 2 N–H and O–H groups in total. The minimum absolute atomic E-state index is 0.0948. The largest absolute Gasteiger partial charge is 0.385 e. The number of nitrogens with zero attached hydrogens (tertiary/aromatic N) is 1. The average molecular weight is 384 g/mol. The normalized spacial score (nSPS) is 18.6. The lowest BCUT2D eigenvalue weighted by molar-refractivity contribution is 0.0928. The summed E-state index contributed by atoms with van der Waals surface area (Å²) in [5, 5.41) is 2.93. The molecule has 7 nitrogen and oxygen atoms in total. The molecule has 0 unspecified atom stereocenters. The number of rotatable bonds is 9. The van der Waals surface area contributed by atoms with Gasteiger partial charge in [0.2, 0.25) is 10.0 Å². The summed E-state index contributed by atoms with van der Waals surface area (Å²) in [6.45, 7) is 2.39. The molecular weight excluding hydrogens is 354 g/mol. The molecule has 1 atom stereocenters. The molecule has 0 saturated carbocycles. The monoisotopic (exact) mass is 383 g/mol. The number of hydrogen-bond acceptors (Lipinski definition) is 5. The molecule has 1 saturated heterocycles. The molecule has 1 aliphatic heterocycles. The van der Waals surface area contributed by atoms with Gasteiger partial charge in [0.15, 0.2) is 0 Å². The Morgan fingerprint density at radius 1 is 1.35 bits per heavy atom. The van der Waals surface area contributed by atoms with E-state index in [9.17, 15) is 13.2 Å². The van der Waals surface area contributed by atoms with Gasteiger partial charge < -0.3 is 15.0 Å². The van der Waals surface area contributed by atoms with Gasteiger partial charge in [-0.3, -0.25) is 4.79 Å². The zero-order chi connectivity index (χ0) is 19.0. The highest BCUT2D eigenvalue weighted by atomic mass is 32.2. The minimum atomic E-state index is -3.63. The van der Waals surface area contributed by atoms with E-state index in [1.54, 1.807) is 19.2 Å². The molecule has 2 rings (SSSR count). The van der Waals surface area contributed by atoms with E-state index in [4.69, 9.17) is 4.74 Å². The summed E-state index contributed by atoms with van der Waals surface area (Å²) in [6.07, 6.45) is 4.02. The average Bonchev–Trinajstić information content (AvgIpc) is 2.64. The van der Waals surface area contributed by atoms with Gasteiger partial charge in [-0.05, 0) is 51.1 Å². The molecule has 0 spiro atoms. The quantitative estimate of drug-likeness (QED) is 0.626. The van der Waals surface area contributed by atoms with Crippen molar-refractivity contribution < 1.29 is 17.9 Å². The summed E-state index contributed by atoms with van der Waals surface area (Å²) in [5.41, 5.74) is 0.350. The lowest BCUT2D eigenvalue weighted by Crippen LogP contribution is -2.44. The maximum atomic E-state index is 12.4. The molecule has 8 heteroatoms. The third-order valence-electron chi connectivity index (χ3n) is 4.64. The molecule has 0 bridgehead atoms. The molecule has 0 aromatic heterocycles. The molecule has 1 aromatic rings. The summed E-state index contributed by atoms with van der Waals surface area (Å²) < 4.78 is 32.1. The van der Waals surface area contributed by atoms with Crippen molar-refractivity contribution in [2.24, 2.45) is 0 Å². The summed E-state index contributed by atoms with van der Waals surface area (Å²) >= 11 is 0. The molecule has 1 aromatic carbocycles. The van der Waals surface area contributed by atoms with Crippen LogP contribution in [0.5, 0.6) is 0 Å². The fourth-order valence-electron chi connectivity index (χ4n) is 3.03. The van der Waals surface area contributed by atoms with Crippen LogP contribution >= 0.6 is 0 Å². The van der Waals surface area contributed by atoms with E-state index in [-0.39, 0.29) is 10.8 Å². The predicted octanol–water partition coefficient (Wildman–Crippen LogP) is 1.22. The van der Waals surface area contributed by atoms with Crippen LogP contribution in [0.4, 0.5) is 0 Å². The van der Waals surface area contributed by atoms with Crippen LogP contribution in [-0.2, 0) is 14.8 Å². The second-order valence-electron chi connectivity index (χ2n) is 6.61. The fourth-order valence-corrected chi connectivity index (χ4v) is 4.15. The Labute approximate surface area is 156 Å². The molecular formula is C18H29N3O4S. The van der Waals surface area contributed by atoms with E-state index < -0.39 is 10.0 Å². The Hall–Kier alpha value is -1.48. The van der Waals surface area contributed by atoms with Gasteiger partial charge >= 0.3 is 0 Å². The molecule has 0 aliphatic carbocycles. The standard InChI is InChI=1S/C18H29N3O4S/c1-21-11-4-3-8-16(21)14-19-18(22)15-7-5-9-17(13-15)26(23,24)20-10-6-12-25-2/h5,7,9,13,16,20H,3-4,6,8,10-12,14H2,1-2H3,(H,19,22)/t16-/m1/s1. The second-order valence-corrected chi connectivity index (χ2v) is 8.38. The van der Waals surface area contributed by atoms with Crippen molar-refractivity contribution in [1.29, 1.82) is 0 Å². The first-order chi connectivity index (χ1) is 12.4. The van der Waals surface area contributed by atoms with Crippen LogP contribution in [0.3, 0.4) is 0 Å². The highest BCUT2D eigenvalue weighted by molar-refractivity contribution is 7.89. The van der Waals surface area contributed by atoms with Crippen LogP contribution in [0.1, 0.15) is 36.0 Å². The number of carbonyl (C=O) groups is 1. The predicted molar refractivity (Wildman–Crippen MR) is 101 cm³/mol. The molecule has 0 radical (unpaired) electrons. The number of ether oxygens (including phenoxy) is 1. The third kappa shape index (κ3) is 6.05. The Kier molecular flexibility index (Phi) is 8.02. The highest BCUT2D eigenvalue weighted by Gasteiger charge is 2.20. The summed E-state index contributed by atoms with van der Waals surface area (Å²) in [5.74, 6) is -0.250. The molecule has 146 valence electrons. The maximum Gasteiger partial charge on any atom is 0.251 e. The van der Waals surface area contributed by atoms with Crippen LogP contribution in [0, 0.1) is 0 Å². The number of benzene rings is 1. The van der Waals surface area contributed by atoms with Crippen LogP contribution in [0.15, 0.2) is 29.2 Å². The van der Waals surface area contributed by atoms with Crippen LogP contribution in [-0.4, -0.2) is 65.7 Å². The van der Waals surface area contributed by atoms with Crippen molar-refractivity contribution in [3.05, 3.63) is 29.8 Å². The van der Waals surface area contributed by atoms with Gasteiger partial charge in [-0.2, -0.15) is 0 Å². The van der Waals surface area contributed by atoms with Crippen molar-refractivity contribution >= 4 is 15.9 Å². The Balaban J connectivity index is 1.95. The van der Waals surface area contributed by atoms with E-state index in [0.717, 1.165) is 13.0 Å². The zero-order valence-corrected chi connectivity index (χ0v) is 16.3. The van der Waals surface area contributed by atoms with Gasteiger partial charge in [-0.25, -0.2) is 13.1 Å².